The highest BCUT2D eigenvalue weighted by Gasteiger charge is 2.14. The lowest BCUT2D eigenvalue weighted by Crippen LogP contribution is -2.28. The molecular weight excluding hydrogens is 280 g/mol. The minimum absolute atomic E-state index is 0.224. The number of hydrogen-bond donors (Lipinski definition) is 2. The van der Waals surface area contributed by atoms with Crippen LogP contribution in [0.15, 0.2) is 12.4 Å². The molecule has 2 heterocycles. The number of carbonyl (C=O) groups excluding carboxylic acids is 1. The summed E-state index contributed by atoms with van der Waals surface area (Å²) in [5.41, 5.74) is 7.36. The van der Waals surface area contributed by atoms with Crippen LogP contribution in [0.5, 0.6) is 0 Å². The van der Waals surface area contributed by atoms with E-state index in [4.69, 9.17) is 17.3 Å². The average molecular weight is 297 g/mol. The number of amides is 1. The van der Waals surface area contributed by atoms with Crippen LogP contribution in [0.3, 0.4) is 0 Å². The summed E-state index contributed by atoms with van der Waals surface area (Å²) in [6.07, 6.45) is 3.83. The number of nitrogen functional groups attached to an aromatic ring is 1. The SMILES string of the molecule is Cc1c(Cl)cnn1CCCNC(=O)c1c(N)cnn1C. The molecule has 0 aliphatic carbocycles. The van der Waals surface area contributed by atoms with Crippen molar-refractivity contribution in [2.24, 2.45) is 7.05 Å². The van der Waals surface area contributed by atoms with Gasteiger partial charge in [0.25, 0.3) is 5.91 Å². The van der Waals surface area contributed by atoms with Gasteiger partial charge in [-0.3, -0.25) is 14.2 Å². The Labute approximate surface area is 121 Å². The van der Waals surface area contributed by atoms with Gasteiger partial charge >= 0.3 is 0 Å². The third kappa shape index (κ3) is 2.93. The Balaban J connectivity index is 1.82. The minimum atomic E-state index is -0.224. The predicted octanol–water partition coefficient (Wildman–Crippen LogP) is 0.981. The fourth-order valence-electron chi connectivity index (χ4n) is 1.90. The molecule has 2 aromatic heterocycles. The summed E-state index contributed by atoms with van der Waals surface area (Å²) in [5, 5.41) is 11.5. The number of halogens is 1. The zero-order valence-corrected chi connectivity index (χ0v) is 12.2. The van der Waals surface area contributed by atoms with Crippen LogP contribution in [0, 0.1) is 6.92 Å². The first kappa shape index (κ1) is 14.4. The van der Waals surface area contributed by atoms with Crippen LogP contribution in [-0.4, -0.2) is 32.0 Å². The lowest BCUT2D eigenvalue weighted by Gasteiger charge is -2.07. The van der Waals surface area contributed by atoms with Gasteiger partial charge in [-0.05, 0) is 13.3 Å². The van der Waals surface area contributed by atoms with E-state index < -0.39 is 0 Å². The van der Waals surface area contributed by atoms with Crippen molar-refractivity contribution in [3.63, 3.8) is 0 Å². The molecule has 0 fully saturated rings. The number of aromatic nitrogens is 4. The van der Waals surface area contributed by atoms with Crippen molar-refractivity contribution in [1.82, 2.24) is 24.9 Å². The van der Waals surface area contributed by atoms with Crippen LogP contribution >= 0.6 is 11.6 Å². The van der Waals surface area contributed by atoms with Gasteiger partial charge in [-0.25, -0.2) is 0 Å². The van der Waals surface area contributed by atoms with E-state index >= 15 is 0 Å². The molecule has 108 valence electrons. The van der Waals surface area contributed by atoms with E-state index in [1.807, 2.05) is 11.6 Å². The molecule has 0 saturated heterocycles. The number of carbonyl (C=O) groups is 1. The Morgan fingerprint density at radius 1 is 1.45 bits per heavy atom. The Kier molecular flexibility index (Phi) is 4.29. The van der Waals surface area contributed by atoms with Crippen molar-refractivity contribution in [3.05, 3.63) is 28.8 Å². The molecule has 0 aliphatic heterocycles. The van der Waals surface area contributed by atoms with E-state index in [0.717, 1.165) is 12.1 Å². The first-order valence-corrected chi connectivity index (χ1v) is 6.62. The van der Waals surface area contributed by atoms with E-state index in [9.17, 15) is 4.79 Å². The number of hydrogen-bond acceptors (Lipinski definition) is 4. The summed E-state index contributed by atoms with van der Waals surface area (Å²) in [7, 11) is 1.68. The maximum Gasteiger partial charge on any atom is 0.271 e. The molecule has 0 spiro atoms. The van der Waals surface area contributed by atoms with Gasteiger partial charge in [0.2, 0.25) is 0 Å². The summed E-state index contributed by atoms with van der Waals surface area (Å²) in [6.45, 7) is 3.13. The monoisotopic (exact) mass is 296 g/mol. The molecule has 0 atom stereocenters. The molecule has 1 amide bonds. The number of nitrogens with zero attached hydrogens (tertiary/aromatic N) is 4. The van der Waals surface area contributed by atoms with Crippen LogP contribution < -0.4 is 11.1 Å². The highest BCUT2D eigenvalue weighted by atomic mass is 35.5. The standard InChI is InChI=1S/C12H17ClN6O/c1-8-9(13)6-17-19(8)5-3-4-15-12(20)11-10(14)7-16-18(11)2/h6-7H,3-5,14H2,1-2H3,(H,15,20). The van der Waals surface area contributed by atoms with Crippen LogP contribution in [0.4, 0.5) is 5.69 Å². The second kappa shape index (κ2) is 5.96. The summed E-state index contributed by atoms with van der Waals surface area (Å²) < 4.78 is 3.27. The Hall–Kier alpha value is -2.02. The molecule has 20 heavy (non-hydrogen) atoms. The van der Waals surface area contributed by atoms with Crippen molar-refractivity contribution < 1.29 is 4.79 Å². The summed E-state index contributed by atoms with van der Waals surface area (Å²) in [5.74, 6) is -0.224. The van der Waals surface area contributed by atoms with Crippen molar-refractivity contribution in [1.29, 1.82) is 0 Å². The van der Waals surface area contributed by atoms with Crippen molar-refractivity contribution in [2.75, 3.05) is 12.3 Å². The molecule has 0 aromatic carbocycles. The van der Waals surface area contributed by atoms with Crippen molar-refractivity contribution >= 4 is 23.2 Å². The van der Waals surface area contributed by atoms with Crippen LogP contribution in [0.1, 0.15) is 22.6 Å². The number of anilines is 1. The topological polar surface area (TPSA) is 90.8 Å². The maximum absolute atomic E-state index is 11.9. The second-order valence-electron chi connectivity index (χ2n) is 4.48. The molecule has 2 aromatic rings. The lowest BCUT2D eigenvalue weighted by molar-refractivity contribution is 0.0944. The van der Waals surface area contributed by atoms with E-state index in [1.54, 1.807) is 13.2 Å². The van der Waals surface area contributed by atoms with E-state index in [1.165, 1.54) is 10.9 Å². The normalized spacial score (nSPS) is 10.8. The van der Waals surface area contributed by atoms with Gasteiger partial charge in [0, 0.05) is 20.1 Å². The largest absolute Gasteiger partial charge is 0.396 e. The number of rotatable bonds is 5. The zero-order valence-electron chi connectivity index (χ0n) is 11.4. The third-order valence-electron chi connectivity index (χ3n) is 3.06. The Morgan fingerprint density at radius 2 is 2.20 bits per heavy atom. The van der Waals surface area contributed by atoms with Gasteiger partial charge in [0.1, 0.15) is 5.69 Å². The summed E-state index contributed by atoms with van der Waals surface area (Å²) in [6, 6.07) is 0. The molecule has 0 bridgehead atoms. The van der Waals surface area contributed by atoms with Crippen LogP contribution in [-0.2, 0) is 13.6 Å². The van der Waals surface area contributed by atoms with Crippen molar-refractivity contribution in [3.8, 4) is 0 Å². The maximum atomic E-state index is 11.9. The summed E-state index contributed by atoms with van der Waals surface area (Å²) >= 11 is 5.92. The van der Waals surface area contributed by atoms with Gasteiger partial charge in [0.15, 0.2) is 0 Å². The van der Waals surface area contributed by atoms with Crippen molar-refractivity contribution in [2.45, 2.75) is 19.9 Å². The Bertz CT molecular complexity index is 598. The third-order valence-corrected chi connectivity index (χ3v) is 3.43. The number of nitrogens with two attached hydrogens (primary N) is 1. The van der Waals surface area contributed by atoms with Gasteiger partial charge < -0.3 is 11.1 Å². The quantitative estimate of drug-likeness (QED) is 0.805. The second-order valence-corrected chi connectivity index (χ2v) is 4.89. The Morgan fingerprint density at radius 3 is 2.75 bits per heavy atom. The first-order chi connectivity index (χ1) is 9.50. The lowest BCUT2D eigenvalue weighted by atomic mass is 10.3. The van der Waals surface area contributed by atoms with Crippen LogP contribution in [0.25, 0.3) is 0 Å². The van der Waals surface area contributed by atoms with Gasteiger partial charge in [-0.2, -0.15) is 10.2 Å². The smallest absolute Gasteiger partial charge is 0.271 e. The molecule has 7 nitrogen and oxygen atoms in total. The van der Waals surface area contributed by atoms with Gasteiger partial charge in [0.05, 0.1) is 28.8 Å². The van der Waals surface area contributed by atoms with E-state index in [2.05, 4.69) is 15.5 Å². The van der Waals surface area contributed by atoms with Crippen LogP contribution in [0.2, 0.25) is 5.02 Å². The minimum Gasteiger partial charge on any atom is -0.396 e. The molecule has 2 rings (SSSR count). The highest BCUT2D eigenvalue weighted by molar-refractivity contribution is 6.31. The van der Waals surface area contributed by atoms with E-state index in [0.29, 0.717) is 29.5 Å². The molecule has 3 N–H and O–H groups in total. The number of nitrogens with one attached hydrogen (secondary N) is 1. The van der Waals surface area contributed by atoms with Gasteiger partial charge in [-0.1, -0.05) is 11.6 Å². The molecule has 0 aliphatic rings. The predicted molar refractivity (Wildman–Crippen MR) is 76.5 cm³/mol. The fraction of sp³-hybridized carbons (Fsp3) is 0.417. The highest BCUT2D eigenvalue weighted by Crippen LogP contribution is 2.13. The molecule has 0 unspecified atom stereocenters. The molecule has 0 radical (unpaired) electrons. The molecule has 8 heteroatoms. The fourth-order valence-corrected chi connectivity index (χ4v) is 2.04. The van der Waals surface area contributed by atoms with E-state index in [-0.39, 0.29) is 5.91 Å². The molecule has 0 saturated carbocycles. The number of aryl methyl sites for hydroxylation is 2. The van der Waals surface area contributed by atoms with Gasteiger partial charge in [-0.15, -0.1) is 0 Å². The average Bonchev–Trinajstić information content (AvgIpc) is 2.90. The zero-order chi connectivity index (χ0) is 14.7. The molecular formula is C12H17ClN6O. The first-order valence-electron chi connectivity index (χ1n) is 6.24. The summed E-state index contributed by atoms with van der Waals surface area (Å²) in [4.78, 5) is 11.9.